The van der Waals surface area contributed by atoms with Crippen LogP contribution in [0.15, 0.2) is 54.6 Å². The third kappa shape index (κ3) is 3.95. The normalized spacial score (nSPS) is 15.8. The van der Waals surface area contributed by atoms with Crippen LogP contribution in [0.1, 0.15) is 22.3 Å². The van der Waals surface area contributed by atoms with Gasteiger partial charge in [-0.1, -0.05) is 42.5 Å². The van der Waals surface area contributed by atoms with E-state index in [-0.39, 0.29) is 5.91 Å². The molecule has 1 fully saturated rings. The van der Waals surface area contributed by atoms with Gasteiger partial charge in [-0.25, -0.2) is 0 Å². The summed E-state index contributed by atoms with van der Waals surface area (Å²) in [6, 6.07) is 18.0. The second-order valence-electron chi connectivity index (χ2n) is 6.11. The zero-order valence-electron chi connectivity index (χ0n) is 14.1. The van der Waals surface area contributed by atoms with Crippen LogP contribution in [0.3, 0.4) is 0 Å². The average Bonchev–Trinajstić information content (AvgIpc) is 2.87. The minimum atomic E-state index is 0.0639. The lowest BCUT2D eigenvalue weighted by Gasteiger charge is -2.22. The van der Waals surface area contributed by atoms with Gasteiger partial charge in [0.15, 0.2) is 0 Å². The monoisotopic (exact) mass is 324 g/mol. The Kier molecular flexibility index (Phi) is 5.49. The van der Waals surface area contributed by atoms with Crippen LogP contribution >= 0.6 is 0 Å². The maximum Gasteiger partial charge on any atom is 0.257 e. The average molecular weight is 324 g/mol. The number of benzene rings is 2. The van der Waals surface area contributed by atoms with Crippen molar-refractivity contribution in [2.45, 2.75) is 13.0 Å². The summed E-state index contributed by atoms with van der Waals surface area (Å²) in [5.41, 5.74) is 1.97. The summed E-state index contributed by atoms with van der Waals surface area (Å²) in [6.07, 6.45) is 0.994. The number of hydrogen-bond acceptors (Lipinski definition) is 3. The second-order valence-corrected chi connectivity index (χ2v) is 6.11. The van der Waals surface area contributed by atoms with E-state index < -0.39 is 0 Å². The quantitative estimate of drug-likeness (QED) is 0.866. The Labute approximate surface area is 143 Å². The minimum Gasteiger partial charge on any atom is -0.496 e. The lowest BCUT2D eigenvalue weighted by molar-refractivity contribution is 0.0757. The van der Waals surface area contributed by atoms with E-state index in [1.165, 1.54) is 5.56 Å². The molecule has 0 unspecified atom stereocenters. The van der Waals surface area contributed by atoms with Crippen molar-refractivity contribution < 1.29 is 9.53 Å². The predicted octanol–water partition coefficient (Wildman–Crippen LogP) is 3.04. The largest absolute Gasteiger partial charge is 0.496 e. The molecule has 4 nitrogen and oxygen atoms in total. The topological polar surface area (TPSA) is 32.8 Å². The van der Waals surface area contributed by atoms with Gasteiger partial charge in [-0.05, 0) is 24.1 Å². The van der Waals surface area contributed by atoms with Gasteiger partial charge in [0.05, 0.1) is 12.7 Å². The molecule has 0 radical (unpaired) electrons. The van der Waals surface area contributed by atoms with Gasteiger partial charge in [-0.3, -0.25) is 9.69 Å². The number of amides is 1. The Morgan fingerprint density at radius 1 is 0.958 bits per heavy atom. The number of para-hydroxylation sites is 1. The molecule has 2 aromatic carbocycles. The lowest BCUT2D eigenvalue weighted by atomic mass is 10.1. The molecular formula is C20H24N2O2. The van der Waals surface area contributed by atoms with E-state index in [1.807, 2.05) is 35.2 Å². The number of carbonyl (C=O) groups is 1. The smallest absolute Gasteiger partial charge is 0.257 e. The van der Waals surface area contributed by atoms with Crippen molar-refractivity contribution in [2.75, 3.05) is 33.3 Å². The van der Waals surface area contributed by atoms with Gasteiger partial charge < -0.3 is 9.64 Å². The number of nitrogens with zero attached hydrogens (tertiary/aromatic N) is 2. The molecule has 0 bridgehead atoms. The molecule has 1 heterocycles. The maximum absolute atomic E-state index is 12.8. The van der Waals surface area contributed by atoms with Crippen LogP contribution in [0.2, 0.25) is 0 Å². The van der Waals surface area contributed by atoms with E-state index in [1.54, 1.807) is 7.11 Å². The molecule has 0 spiro atoms. The Hall–Kier alpha value is -2.33. The van der Waals surface area contributed by atoms with Crippen LogP contribution < -0.4 is 4.74 Å². The molecule has 1 amide bonds. The Balaban J connectivity index is 1.64. The first-order chi connectivity index (χ1) is 11.8. The first-order valence-electron chi connectivity index (χ1n) is 8.46. The Morgan fingerprint density at radius 2 is 1.71 bits per heavy atom. The lowest BCUT2D eigenvalue weighted by Crippen LogP contribution is -2.35. The van der Waals surface area contributed by atoms with E-state index in [2.05, 4.69) is 29.2 Å². The minimum absolute atomic E-state index is 0.0639. The summed E-state index contributed by atoms with van der Waals surface area (Å²) in [6.45, 7) is 4.41. The summed E-state index contributed by atoms with van der Waals surface area (Å²) < 4.78 is 5.33. The molecular weight excluding hydrogens is 300 g/mol. The van der Waals surface area contributed by atoms with Gasteiger partial charge in [-0.2, -0.15) is 0 Å². The van der Waals surface area contributed by atoms with Crippen molar-refractivity contribution in [3.05, 3.63) is 65.7 Å². The van der Waals surface area contributed by atoms with E-state index in [0.29, 0.717) is 11.3 Å². The molecule has 0 aromatic heterocycles. The molecule has 1 saturated heterocycles. The highest BCUT2D eigenvalue weighted by molar-refractivity contribution is 5.97. The molecule has 0 N–H and O–H groups in total. The maximum atomic E-state index is 12.8. The van der Waals surface area contributed by atoms with Crippen LogP contribution in [0.25, 0.3) is 0 Å². The van der Waals surface area contributed by atoms with Crippen LogP contribution in [-0.4, -0.2) is 49.0 Å². The zero-order valence-corrected chi connectivity index (χ0v) is 14.1. The number of methoxy groups -OCH3 is 1. The van der Waals surface area contributed by atoms with Gasteiger partial charge >= 0.3 is 0 Å². The summed E-state index contributed by atoms with van der Waals surface area (Å²) in [5.74, 6) is 0.710. The van der Waals surface area contributed by atoms with Crippen molar-refractivity contribution in [1.82, 2.24) is 9.80 Å². The summed E-state index contributed by atoms with van der Waals surface area (Å²) in [7, 11) is 1.61. The molecule has 1 aliphatic rings. The van der Waals surface area contributed by atoms with Gasteiger partial charge in [0.2, 0.25) is 0 Å². The first kappa shape index (κ1) is 16.5. The fourth-order valence-electron chi connectivity index (χ4n) is 3.17. The molecule has 126 valence electrons. The zero-order chi connectivity index (χ0) is 16.8. The fourth-order valence-corrected chi connectivity index (χ4v) is 3.17. The molecule has 3 rings (SSSR count). The van der Waals surface area contributed by atoms with Crippen molar-refractivity contribution in [3.63, 3.8) is 0 Å². The highest BCUT2D eigenvalue weighted by Gasteiger charge is 2.22. The van der Waals surface area contributed by atoms with Gasteiger partial charge in [0, 0.05) is 32.7 Å². The molecule has 0 aliphatic carbocycles. The molecule has 2 aromatic rings. The molecule has 24 heavy (non-hydrogen) atoms. The van der Waals surface area contributed by atoms with Crippen LogP contribution in [-0.2, 0) is 6.54 Å². The number of hydrogen-bond donors (Lipinski definition) is 0. The summed E-state index contributed by atoms with van der Waals surface area (Å²) in [5, 5.41) is 0. The number of rotatable bonds is 4. The molecule has 4 heteroatoms. The molecule has 0 atom stereocenters. The van der Waals surface area contributed by atoms with Crippen molar-refractivity contribution in [3.8, 4) is 5.75 Å². The van der Waals surface area contributed by atoms with E-state index in [9.17, 15) is 4.79 Å². The van der Waals surface area contributed by atoms with E-state index in [4.69, 9.17) is 4.74 Å². The highest BCUT2D eigenvalue weighted by atomic mass is 16.5. The van der Waals surface area contributed by atoms with E-state index in [0.717, 1.165) is 39.1 Å². The van der Waals surface area contributed by atoms with Gasteiger partial charge in [-0.15, -0.1) is 0 Å². The summed E-state index contributed by atoms with van der Waals surface area (Å²) >= 11 is 0. The van der Waals surface area contributed by atoms with Crippen LogP contribution in [0, 0.1) is 0 Å². The SMILES string of the molecule is COc1ccccc1C(=O)N1CCCN(Cc2ccccc2)CC1. The Bertz CT molecular complexity index is 672. The predicted molar refractivity (Wildman–Crippen MR) is 95.2 cm³/mol. The summed E-state index contributed by atoms with van der Waals surface area (Å²) in [4.78, 5) is 17.2. The number of ether oxygens (including phenoxy) is 1. The standard InChI is InChI=1S/C20H24N2O2/c1-24-19-11-6-5-10-18(19)20(23)22-13-7-12-21(14-15-22)16-17-8-3-2-4-9-17/h2-6,8-11H,7,12-16H2,1H3. The molecule has 0 saturated carbocycles. The van der Waals surface area contributed by atoms with Crippen molar-refractivity contribution in [2.24, 2.45) is 0 Å². The fraction of sp³-hybridized carbons (Fsp3) is 0.350. The van der Waals surface area contributed by atoms with Gasteiger partial charge in [0.1, 0.15) is 5.75 Å². The third-order valence-corrected chi connectivity index (χ3v) is 4.46. The highest BCUT2D eigenvalue weighted by Crippen LogP contribution is 2.20. The van der Waals surface area contributed by atoms with Crippen molar-refractivity contribution >= 4 is 5.91 Å². The first-order valence-corrected chi connectivity index (χ1v) is 8.46. The van der Waals surface area contributed by atoms with E-state index >= 15 is 0 Å². The third-order valence-electron chi connectivity index (χ3n) is 4.46. The van der Waals surface area contributed by atoms with Crippen LogP contribution in [0.4, 0.5) is 0 Å². The second kappa shape index (κ2) is 7.97. The van der Waals surface area contributed by atoms with Crippen molar-refractivity contribution in [1.29, 1.82) is 0 Å². The van der Waals surface area contributed by atoms with Crippen LogP contribution in [0.5, 0.6) is 5.75 Å². The van der Waals surface area contributed by atoms with Gasteiger partial charge in [0.25, 0.3) is 5.91 Å². The number of carbonyl (C=O) groups excluding carboxylic acids is 1. The Morgan fingerprint density at radius 3 is 2.50 bits per heavy atom. The molecule has 1 aliphatic heterocycles.